The van der Waals surface area contributed by atoms with Crippen LogP contribution < -0.4 is 5.32 Å². The van der Waals surface area contributed by atoms with E-state index in [4.69, 9.17) is 0 Å². The van der Waals surface area contributed by atoms with Crippen molar-refractivity contribution in [3.05, 3.63) is 60.2 Å². The zero-order valence-electron chi connectivity index (χ0n) is 14.3. The molecule has 1 atom stereocenters. The van der Waals surface area contributed by atoms with Gasteiger partial charge in [0.1, 0.15) is 11.5 Å². The Morgan fingerprint density at radius 2 is 1.92 bits per heavy atom. The second-order valence-electron chi connectivity index (χ2n) is 5.89. The summed E-state index contributed by atoms with van der Waals surface area (Å²) in [6.07, 6.45) is 2.12. The molecule has 0 bridgehead atoms. The smallest absolute Gasteiger partial charge is 0.269 e. The van der Waals surface area contributed by atoms with Gasteiger partial charge >= 0.3 is 0 Å². The second-order valence-corrected chi connectivity index (χ2v) is 5.89. The minimum atomic E-state index is -0.297. The highest BCUT2D eigenvalue weighted by Crippen LogP contribution is 2.22. The van der Waals surface area contributed by atoms with Gasteiger partial charge in [-0.15, -0.1) is 0 Å². The van der Waals surface area contributed by atoms with Crippen LogP contribution in [0.4, 0.5) is 0 Å². The number of benzene rings is 1. The fraction of sp³-hybridized carbons (Fsp3) is 0.263. The molecule has 0 aliphatic rings. The number of aromatic nitrogens is 3. The molecule has 1 amide bonds. The predicted molar refractivity (Wildman–Crippen MR) is 95.4 cm³/mol. The minimum Gasteiger partial charge on any atom is -0.350 e. The molecule has 2 heterocycles. The summed E-state index contributed by atoms with van der Waals surface area (Å²) in [7, 11) is 0. The van der Waals surface area contributed by atoms with E-state index in [1.807, 2.05) is 35.8 Å². The Hall–Kier alpha value is -3.02. The number of hydrogen-bond donors (Lipinski definition) is 1. The molecule has 0 aliphatic carbocycles. The van der Waals surface area contributed by atoms with Crippen LogP contribution in [-0.2, 0) is 11.2 Å². The summed E-state index contributed by atoms with van der Waals surface area (Å²) in [4.78, 5) is 32.6. The Morgan fingerprint density at radius 1 is 1.16 bits per heavy atom. The molecule has 0 saturated heterocycles. The van der Waals surface area contributed by atoms with Gasteiger partial charge in [-0.3, -0.25) is 14.6 Å². The molecule has 0 fully saturated rings. The van der Waals surface area contributed by atoms with E-state index in [-0.39, 0.29) is 17.7 Å². The van der Waals surface area contributed by atoms with Crippen molar-refractivity contribution < 1.29 is 9.59 Å². The largest absolute Gasteiger partial charge is 0.350 e. The van der Waals surface area contributed by atoms with E-state index in [0.717, 1.165) is 16.9 Å². The van der Waals surface area contributed by atoms with Gasteiger partial charge in [0.15, 0.2) is 5.78 Å². The maximum atomic E-state index is 12.1. The van der Waals surface area contributed by atoms with Gasteiger partial charge in [-0.05, 0) is 38.1 Å². The molecule has 3 aromatic rings. The molecule has 3 rings (SSSR count). The normalized spacial score (nSPS) is 12.1. The topological polar surface area (TPSA) is 76.9 Å². The molecular formula is C19H20N4O2. The van der Waals surface area contributed by atoms with Crippen molar-refractivity contribution in [2.45, 2.75) is 26.3 Å². The van der Waals surface area contributed by atoms with Gasteiger partial charge in [0, 0.05) is 19.2 Å². The summed E-state index contributed by atoms with van der Waals surface area (Å²) in [5, 5.41) is 2.85. The highest BCUT2D eigenvalue weighted by atomic mass is 16.2. The van der Waals surface area contributed by atoms with Crippen LogP contribution in [0.1, 0.15) is 36.2 Å². The minimum absolute atomic E-state index is 0.0712. The van der Waals surface area contributed by atoms with Crippen molar-refractivity contribution in [3.63, 3.8) is 0 Å². The van der Waals surface area contributed by atoms with Gasteiger partial charge in [0.05, 0.1) is 17.1 Å². The Bertz CT molecular complexity index is 902. The van der Waals surface area contributed by atoms with E-state index in [9.17, 15) is 9.59 Å². The fourth-order valence-corrected chi connectivity index (χ4v) is 2.76. The van der Waals surface area contributed by atoms with Crippen LogP contribution in [-0.4, -0.2) is 32.8 Å². The zero-order chi connectivity index (χ0) is 17.8. The van der Waals surface area contributed by atoms with E-state index in [1.165, 1.54) is 0 Å². The molecule has 2 aromatic heterocycles. The number of carbonyl (C=O) groups excluding carboxylic acids is 2. The van der Waals surface area contributed by atoms with Crippen molar-refractivity contribution in [3.8, 4) is 0 Å². The Kier molecular flexibility index (Phi) is 4.88. The maximum absolute atomic E-state index is 12.1. The molecule has 1 aromatic carbocycles. The Labute approximate surface area is 145 Å². The molecule has 128 valence electrons. The first-order chi connectivity index (χ1) is 12.1. The molecule has 1 unspecified atom stereocenters. The van der Waals surface area contributed by atoms with Crippen LogP contribution in [0.15, 0.2) is 48.7 Å². The van der Waals surface area contributed by atoms with Gasteiger partial charge in [0.2, 0.25) is 0 Å². The summed E-state index contributed by atoms with van der Waals surface area (Å²) >= 11 is 0. The third-order valence-corrected chi connectivity index (χ3v) is 4.18. The standard InChI is InChI=1S/C19H20N4O2/c1-13(14(2)24)23-17-9-4-3-7-15(17)22-18(23)10-12-21-19(25)16-8-5-6-11-20-16/h3-9,11,13H,10,12H2,1-2H3,(H,21,25). The van der Waals surface area contributed by atoms with E-state index in [0.29, 0.717) is 18.7 Å². The molecule has 25 heavy (non-hydrogen) atoms. The number of Topliss-reactive ketones (excluding diaryl/α,β-unsaturated/α-hetero) is 1. The van der Waals surface area contributed by atoms with Crippen LogP contribution in [0.2, 0.25) is 0 Å². The van der Waals surface area contributed by atoms with Gasteiger partial charge in [-0.25, -0.2) is 4.98 Å². The lowest BCUT2D eigenvalue weighted by Gasteiger charge is -2.15. The quantitative estimate of drug-likeness (QED) is 0.750. The molecule has 0 aliphatic heterocycles. The molecule has 6 nitrogen and oxygen atoms in total. The second kappa shape index (κ2) is 7.25. The van der Waals surface area contributed by atoms with E-state index in [1.54, 1.807) is 31.3 Å². The van der Waals surface area contributed by atoms with Gasteiger partial charge in [-0.1, -0.05) is 18.2 Å². The fourth-order valence-electron chi connectivity index (χ4n) is 2.76. The number of carbonyl (C=O) groups is 2. The third kappa shape index (κ3) is 3.57. The molecule has 0 saturated carbocycles. The lowest BCUT2D eigenvalue weighted by atomic mass is 10.2. The Morgan fingerprint density at radius 3 is 2.64 bits per heavy atom. The number of imidazole rings is 1. The number of hydrogen-bond acceptors (Lipinski definition) is 4. The van der Waals surface area contributed by atoms with Gasteiger partial charge in [0.25, 0.3) is 5.91 Å². The van der Waals surface area contributed by atoms with E-state index in [2.05, 4.69) is 15.3 Å². The predicted octanol–water partition coefficient (Wildman–Crippen LogP) is 2.55. The van der Waals surface area contributed by atoms with Crippen LogP contribution >= 0.6 is 0 Å². The zero-order valence-corrected chi connectivity index (χ0v) is 14.3. The van der Waals surface area contributed by atoms with Crippen molar-refractivity contribution in [2.24, 2.45) is 0 Å². The lowest BCUT2D eigenvalue weighted by Crippen LogP contribution is -2.27. The molecule has 0 spiro atoms. The summed E-state index contributed by atoms with van der Waals surface area (Å²) in [6, 6.07) is 12.6. The number of pyridine rings is 1. The van der Waals surface area contributed by atoms with Crippen LogP contribution in [0, 0.1) is 0 Å². The summed E-state index contributed by atoms with van der Waals surface area (Å²) in [5.74, 6) is 0.634. The number of ketones is 1. The van der Waals surface area contributed by atoms with Gasteiger partial charge in [-0.2, -0.15) is 0 Å². The van der Waals surface area contributed by atoms with Crippen LogP contribution in [0.3, 0.4) is 0 Å². The van der Waals surface area contributed by atoms with E-state index >= 15 is 0 Å². The molecule has 1 N–H and O–H groups in total. The van der Waals surface area contributed by atoms with Crippen LogP contribution in [0.5, 0.6) is 0 Å². The summed E-state index contributed by atoms with van der Waals surface area (Å²) in [5.41, 5.74) is 2.16. The number of rotatable bonds is 6. The Balaban J connectivity index is 1.78. The average molecular weight is 336 g/mol. The summed E-state index contributed by atoms with van der Waals surface area (Å²) in [6.45, 7) is 3.86. The monoisotopic (exact) mass is 336 g/mol. The number of nitrogens with zero attached hydrogens (tertiary/aromatic N) is 3. The van der Waals surface area contributed by atoms with Gasteiger partial charge < -0.3 is 9.88 Å². The number of para-hydroxylation sites is 2. The SMILES string of the molecule is CC(=O)C(C)n1c(CCNC(=O)c2ccccn2)nc2ccccc21. The van der Waals surface area contributed by atoms with Crippen molar-refractivity contribution >= 4 is 22.7 Å². The molecular weight excluding hydrogens is 316 g/mol. The van der Waals surface area contributed by atoms with E-state index < -0.39 is 0 Å². The first-order valence-electron chi connectivity index (χ1n) is 8.23. The van der Waals surface area contributed by atoms with Crippen molar-refractivity contribution in [1.82, 2.24) is 19.9 Å². The lowest BCUT2D eigenvalue weighted by molar-refractivity contribution is -0.119. The maximum Gasteiger partial charge on any atom is 0.269 e. The van der Waals surface area contributed by atoms with Crippen molar-refractivity contribution in [1.29, 1.82) is 0 Å². The first kappa shape index (κ1) is 16.8. The highest BCUT2D eigenvalue weighted by molar-refractivity contribution is 5.92. The van der Waals surface area contributed by atoms with Crippen molar-refractivity contribution in [2.75, 3.05) is 6.54 Å². The molecule has 0 radical (unpaired) electrons. The average Bonchev–Trinajstić information content (AvgIpc) is 2.99. The number of nitrogens with one attached hydrogen (secondary N) is 1. The highest BCUT2D eigenvalue weighted by Gasteiger charge is 2.18. The number of fused-ring (bicyclic) bond motifs is 1. The third-order valence-electron chi connectivity index (χ3n) is 4.18. The first-order valence-corrected chi connectivity index (χ1v) is 8.23. The summed E-state index contributed by atoms with van der Waals surface area (Å²) < 4.78 is 1.95. The molecule has 6 heteroatoms. The van der Waals surface area contributed by atoms with Crippen LogP contribution in [0.25, 0.3) is 11.0 Å². The number of amides is 1.